The molecule has 8 heteroatoms. The number of fused-ring (bicyclic) bond motifs is 1. The van der Waals surface area contributed by atoms with E-state index in [0.717, 1.165) is 12.4 Å². The smallest absolute Gasteiger partial charge is 0.292 e. The zero-order chi connectivity index (χ0) is 14.1. The normalized spacial score (nSPS) is 11.3. The lowest BCUT2D eigenvalue weighted by Crippen LogP contribution is -2.11. The Bertz CT molecular complexity index is 764. The summed E-state index contributed by atoms with van der Waals surface area (Å²) < 4.78 is 26.6. The Morgan fingerprint density at radius 3 is 2.85 bits per heavy atom. The summed E-state index contributed by atoms with van der Waals surface area (Å²) >= 11 is 0. The summed E-state index contributed by atoms with van der Waals surface area (Å²) in [5.74, 6) is -0.354. The van der Waals surface area contributed by atoms with Crippen molar-refractivity contribution in [3.63, 3.8) is 0 Å². The highest BCUT2D eigenvalue weighted by Gasteiger charge is 2.15. The maximum Gasteiger partial charge on any atom is 0.333 e. The van der Waals surface area contributed by atoms with E-state index in [1.807, 2.05) is 12.1 Å². The van der Waals surface area contributed by atoms with E-state index in [0.29, 0.717) is 15.7 Å². The van der Waals surface area contributed by atoms with Crippen molar-refractivity contribution in [3.8, 4) is 0 Å². The van der Waals surface area contributed by atoms with Gasteiger partial charge in [0.1, 0.15) is 12.1 Å². The van der Waals surface area contributed by atoms with Gasteiger partial charge >= 0.3 is 6.55 Å². The second kappa shape index (κ2) is 4.80. The first kappa shape index (κ1) is 12.4. The molecular weight excluding hydrogens is 268 g/mol. The number of hydrogen-bond donors (Lipinski definition) is 0. The number of ketones is 1. The van der Waals surface area contributed by atoms with E-state index in [9.17, 15) is 13.6 Å². The van der Waals surface area contributed by atoms with Crippen LogP contribution in [0.1, 0.15) is 16.9 Å². The van der Waals surface area contributed by atoms with Crippen molar-refractivity contribution >= 4 is 16.8 Å². The average molecular weight is 277 g/mol. The summed E-state index contributed by atoms with van der Waals surface area (Å²) in [5, 5.41) is 11.2. The Labute approximate surface area is 111 Å². The number of nitrogens with zero attached hydrogens (tertiary/aromatic N) is 5. The van der Waals surface area contributed by atoms with Crippen LogP contribution >= 0.6 is 0 Å². The van der Waals surface area contributed by atoms with E-state index in [1.165, 1.54) is 4.68 Å². The number of aromatic nitrogens is 5. The summed E-state index contributed by atoms with van der Waals surface area (Å²) in [4.78, 5) is 12.0. The Morgan fingerprint density at radius 1 is 1.30 bits per heavy atom. The Morgan fingerprint density at radius 2 is 2.10 bits per heavy atom. The highest BCUT2D eigenvalue weighted by Crippen LogP contribution is 2.13. The molecule has 0 aliphatic heterocycles. The van der Waals surface area contributed by atoms with Gasteiger partial charge in [-0.15, -0.1) is 5.10 Å². The molecule has 0 aliphatic rings. The van der Waals surface area contributed by atoms with Gasteiger partial charge in [-0.3, -0.25) is 4.79 Å². The van der Waals surface area contributed by atoms with Gasteiger partial charge in [0.15, 0.2) is 5.78 Å². The lowest BCUT2D eigenvalue weighted by Gasteiger charge is -2.00. The van der Waals surface area contributed by atoms with Crippen molar-refractivity contribution in [1.82, 2.24) is 24.8 Å². The van der Waals surface area contributed by atoms with Crippen LogP contribution in [0.2, 0.25) is 0 Å². The highest BCUT2D eigenvalue weighted by molar-refractivity contribution is 5.96. The first-order valence-electron chi connectivity index (χ1n) is 5.79. The van der Waals surface area contributed by atoms with Crippen molar-refractivity contribution in [3.05, 3.63) is 42.2 Å². The molecule has 6 nitrogen and oxygen atoms in total. The summed E-state index contributed by atoms with van der Waals surface area (Å²) in [6.07, 6.45) is 2.14. The molecule has 0 spiro atoms. The van der Waals surface area contributed by atoms with E-state index in [1.54, 1.807) is 12.1 Å². The molecule has 0 saturated carbocycles. The van der Waals surface area contributed by atoms with Gasteiger partial charge in [0, 0.05) is 6.20 Å². The van der Waals surface area contributed by atoms with Gasteiger partial charge in [0.25, 0.3) is 0 Å². The van der Waals surface area contributed by atoms with Crippen LogP contribution in [-0.2, 0) is 6.54 Å². The number of carbonyl (C=O) groups is 1. The third-order valence-electron chi connectivity index (χ3n) is 2.84. The molecular formula is C12H9F2N5O. The molecule has 0 unspecified atom stereocenters. The third kappa shape index (κ3) is 2.15. The molecule has 0 atom stereocenters. The fourth-order valence-electron chi connectivity index (χ4n) is 1.85. The molecule has 0 aliphatic carbocycles. The van der Waals surface area contributed by atoms with E-state index in [2.05, 4.69) is 15.4 Å². The number of benzene rings is 1. The average Bonchev–Trinajstić information content (AvgIpc) is 3.06. The van der Waals surface area contributed by atoms with Crippen LogP contribution in [-0.4, -0.2) is 30.6 Å². The number of para-hydroxylation sites is 1. The molecule has 20 heavy (non-hydrogen) atoms. The molecule has 0 fully saturated rings. The van der Waals surface area contributed by atoms with Crippen molar-refractivity contribution in [2.24, 2.45) is 0 Å². The fraction of sp³-hybridized carbons (Fsp3) is 0.167. The van der Waals surface area contributed by atoms with Gasteiger partial charge in [-0.05, 0) is 12.1 Å². The second-order valence-electron chi connectivity index (χ2n) is 4.15. The summed E-state index contributed by atoms with van der Waals surface area (Å²) in [6, 6.07) is 7.18. The molecule has 0 N–H and O–H groups in total. The molecule has 2 heterocycles. The second-order valence-corrected chi connectivity index (χ2v) is 4.15. The predicted molar refractivity (Wildman–Crippen MR) is 65.3 cm³/mol. The van der Waals surface area contributed by atoms with Crippen LogP contribution in [0.15, 0.2) is 36.7 Å². The van der Waals surface area contributed by atoms with E-state index < -0.39 is 6.55 Å². The zero-order valence-corrected chi connectivity index (χ0v) is 10.1. The summed E-state index contributed by atoms with van der Waals surface area (Å²) in [5.41, 5.74) is 1.50. The molecule has 1 aromatic carbocycles. The maximum atomic E-state index is 12.4. The van der Waals surface area contributed by atoms with Crippen LogP contribution in [0.4, 0.5) is 8.78 Å². The molecule has 102 valence electrons. The Hall–Kier alpha value is -2.64. The predicted octanol–water partition coefficient (Wildman–Crippen LogP) is 1.91. The monoisotopic (exact) mass is 277 g/mol. The zero-order valence-electron chi connectivity index (χ0n) is 10.1. The Balaban J connectivity index is 1.85. The third-order valence-corrected chi connectivity index (χ3v) is 2.84. The number of alkyl halides is 2. The first-order chi connectivity index (χ1) is 9.65. The lowest BCUT2D eigenvalue weighted by molar-refractivity contribution is 0.0565. The van der Waals surface area contributed by atoms with Crippen molar-refractivity contribution in [2.45, 2.75) is 13.1 Å². The minimum absolute atomic E-state index is 0.0740. The molecule has 2 aromatic heterocycles. The van der Waals surface area contributed by atoms with Gasteiger partial charge in [0.2, 0.25) is 0 Å². The largest absolute Gasteiger partial charge is 0.333 e. The van der Waals surface area contributed by atoms with Crippen LogP contribution in [0.5, 0.6) is 0 Å². The summed E-state index contributed by atoms with van der Waals surface area (Å²) in [6.45, 7) is -2.83. The molecule has 0 bridgehead atoms. The molecule has 0 amide bonds. The number of hydrogen-bond acceptors (Lipinski definition) is 4. The number of Topliss-reactive ketones (excluding diaryl/α,β-unsaturated/α-hetero) is 1. The molecule has 0 radical (unpaired) electrons. The molecule has 3 rings (SSSR count). The highest BCUT2D eigenvalue weighted by atomic mass is 19.3. The maximum absolute atomic E-state index is 12.4. The molecule has 3 aromatic rings. The Kier molecular flexibility index (Phi) is 2.97. The van der Waals surface area contributed by atoms with Crippen molar-refractivity contribution in [1.29, 1.82) is 0 Å². The SMILES string of the molecule is O=C(Cn1nnc2ccccc21)c1cnn(C(F)F)c1. The number of carbonyl (C=O) groups excluding carboxylic acids is 1. The van der Waals surface area contributed by atoms with Gasteiger partial charge in [-0.1, -0.05) is 17.3 Å². The van der Waals surface area contributed by atoms with Gasteiger partial charge in [-0.2, -0.15) is 13.9 Å². The van der Waals surface area contributed by atoms with Gasteiger partial charge in [-0.25, -0.2) is 9.36 Å². The van der Waals surface area contributed by atoms with Crippen LogP contribution < -0.4 is 0 Å². The van der Waals surface area contributed by atoms with E-state index in [4.69, 9.17) is 0 Å². The van der Waals surface area contributed by atoms with Crippen molar-refractivity contribution < 1.29 is 13.6 Å². The quantitative estimate of drug-likeness (QED) is 0.683. The van der Waals surface area contributed by atoms with Crippen LogP contribution in [0, 0.1) is 0 Å². The van der Waals surface area contributed by atoms with Crippen LogP contribution in [0.25, 0.3) is 11.0 Å². The lowest BCUT2D eigenvalue weighted by atomic mass is 10.2. The van der Waals surface area contributed by atoms with Crippen LogP contribution in [0.3, 0.4) is 0 Å². The topological polar surface area (TPSA) is 65.6 Å². The van der Waals surface area contributed by atoms with Gasteiger partial charge in [0.05, 0.1) is 17.3 Å². The fourth-order valence-corrected chi connectivity index (χ4v) is 1.85. The van der Waals surface area contributed by atoms with Crippen molar-refractivity contribution in [2.75, 3.05) is 0 Å². The number of halogens is 2. The minimum atomic E-state index is -2.76. The van der Waals surface area contributed by atoms with E-state index >= 15 is 0 Å². The standard InChI is InChI=1S/C12H9F2N5O/c13-12(14)19-6-8(5-15-19)11(20)7-18-10-4-2-1-3-9(10)16-17-18/h1-6,12H,7H2. The summed E-state index contributed by atoms with van der Waals surface area (Å²) in [7, 11) is 0. The minimum Gasteiger partial charge on any atom is -0.292 e. The van der Waals surface area contributed by atoms with E-state index in [-0.39, 0.29) is 17.9 Å². The first-order valence-corrected chi connectivity index (χ1v) is 5.79. The molecule has 0 saturated heterocycles. The number of rotatable bonds is 4. The van der Waals surface area contributed by atoms with Gasteiger partial charge < -0.3 is 0 Å².